The van der Waals surface area contributed by atoms with Crippen LogP contribution >= 0.6 is 11.3 Å². The highest BCUT2D eigenvalue weighted by atomic mass is 32.1. The summed E-state index contributed by atoms with van der Waals surface area (Å²) in [5, 5.41) is 3.83. The molecule has 1 aromatic heterocycles. The molecule has 39 heavy (non-hydrogen) atoms. The summed E-state index contributed by atoms with van der Waals surface area (Å²) >= 11 is 1.33. The Morgan fingerprint density at radius 1 is 1.13 bits per heavy atom. The first kappa shape index (κ1) is 24.6. The van der Waals surface area contributed by atoms with Gasteiger partial charge in [0.2, 0.25) is 0 Å². The molecule has 3 fully saturated rings. The van der Waals surface area contributed by atoms with E-state index < -0.39 is 11.7 Å². The molecule has 2 aliphatic carbocycles. The van der Waals surface area contributed by atoms with Gasteiger partial charge in [-0.3, -0.25) is 9.59 Å². The van der Waals surface area contributed by atoms with Crippen molar-refractivity contribution in [2.24, 2.45) is 5.92 Å². The van der Waals surface area contributed by atoms with E-state index in [0.717, 1.165) is 54.1 Å². The predicted octanol–water partition coefficient (Wildman–Crippen LogP) is 5.67. The van der Waals surface area contributed by atoms with E-state index in [1.165, 1.54) is 17.4 Å². The first-order valence-electron chi connectivity index (χ1n) is 13.3. The number of thiazole rings is 1. The fourth-order valence-electron chi connectivity index (χ4n) is 5.94. The lowest BCUT2D eigenvalue weighted by atomic mass is 10.0. The van der Waals surface area contributed by atoms with Gasteiger partial charge in [0.25, 0.3) is 11.8 Å². The molecule has 2 aliphatic heterocycles. The Kier molecular flexibility index (Phi) is 5.73. The van der Waals surface area contributed by atoms with E-state index in [1.807, 2.05) is 11.0 Å². The number of amides is 2. The number of fused-ring (bicyclic) bond motifs is 2. The molecule has 0 radical (unpaired) electrons. The van der Waals surface area contributed by atoms with Crippen LogP contribution in [0.2, 0.25) is 0 Å². The van der Waals surface area contributed by atoms with Crippen molar-refractivity contribution in [3.63, 3.8) is 0 Å². The van der Waals surface area contributed by atoms with Gasteiger partial charge in [0.1, 0.15) is 11.4 Å². The van der Waals surface area contributed by atoms with Crippen LogP contribution in [0.4, 0.5) is 13.2 Å². The van der Waals surface area contributed by atoms with Gasteiger partial charge in [-0.05, 0) is 61.4 Å². The largest absolute Gasteiger partial charge is 0.493 e. The molecule has 2 aromatic carbocycles. The number of benzene rings is 2. The lowest BCUT2D eigenvalue weighted by molar-refractivity contribution is -0.137. The number of nitrogens with zero attached hydrogens (tertiary/aromatic N) is 2. The van der Waals surface area contributed by atoms with Crippen molar-refractivity contribution in [2.45, 2.75) is 56.3 Å². The van der Waals surface area contributed by atoms with E-state index in [0.29, 0.717) is 41.5 Å². The van der Waals surface area contributed by atoms with Crippen LogP contribution in [0, 0.1) is 5.92 Å². The minimum Gasteiger partial charge on any atom is -0.493 e. The van der Waals surface area contributed by atoms with Crippen molar-refractivity contribution >= 4 is 23.2 Å². The van der Waals surface area contributed by atoms with Gasteiger partial charge >= 0.3 is 6.18 Å². The Morgan fingerprint density at radius 3 is 2.74 bits per heavy atom. The minimum atomic E-state index is -4.48. The molecule has 2 saturated carbocycles. The summed E-state index contributed by atoms with van der Waals surface area (Å²) in [5.41, 5.74) is 1.32. The van der Waals surface area contributed by atoms with E-state index in [4.69, 9.17) is 9.72 Å². The third kappa shape index (κ3) is 4.48. The molecule has 3 heterocycles. The molecular formula is C29H26F3N3O3S. The normalized spacial score (nSPS) is 23.3. The number of hydrogen-bond donors (Lipinski definition) is 1. The zero-order valence-corrected chi connectivity index (χ0v) is 21.8. The van der Waals surface area contributed by atoms with Crippen molar-refractivity contribution in [1.82, 2.24) is 15.2 Å². The molecule has 3 atom stereocenters. The molecule has 1 N–H and O–H groups in total. The molecule has 0 bridgehead atoms. The summed E-state index contributed by atoms with van der Waals surface area (Å²) in [5.74, 6) is 0.922. The zero-order chi connectivity index (χ0) is 26.9. The van der Waals surface area contributed by atoms with Crippen molar-refractivity contribution in [1.29, 1.82) is 0 Å². The topological polar surface area (TPSA) is 71.5 Å². The maximum atomic E-state index is 14.0. The van der Waals surface area contributed by atoms with Crippen LogP contribution in [0.25, 0.3) is 10.4 Å². The highest BCUT2D eigenvalue weighted by Gasteiger charge is 2.54. The van der Waals surface area contributed by atoms with Gasteiger partial charge in [-0.25, -0.2) is 4.98 Å². The average Bonchev–Trinajstić information content (AvgIpc) is 3.76. The number of ether oxygens (including phenoxy) is 1. The molecule has 10 heteroatoms. The number of hydrogen-bond acceptors (Lipinski definition) is 5. The maximum absolute atomic E-state index is 14.0. The molecule has 3 aromatic rings. The molecule has 4 aliphatic rings. The Morgan fingerprint density at radius 2 is 1.95 bits per heavy atom. The molecule has 1 saturated heterocycles. The van der Waals surface area contributed by atoms with Crippen LogP contribution < -0.4 is 10.1 Å². The lowest BCUT2D eigenvalue weighted by Gasteiger charge is -2.28. The summed E-state index contributed by atoms with van der Waals surface area (Å²) in [6.07, 6.45) is -0.165. The van der Waals surface area contributed by atoms with E-state index in [1.54, 1.807) is 18.2 Å². The second kappa shape index (κ2) is 9.08. The minimum absolute atomic E-state index is 0.0780. The molecule has 0 unspecified atom stereocenters. The highest BCUT2D eigenvalue weighted by molar-refractivity contribution is 7.15. The maximum Gasteiger partial charge on any atom is 0.416 e. The van der Waals surface area contributed by atoms with Gasteiger partial charge in [-0.1, -0.05) is 18.2 Å². The van der Waals surface area contributed by atoms with Crippen LogP contribution in [0.3, 0.4) is 0 Å². The number of rotatable bonds is 6. The summed E-state index contributed by atoms with van der Waals surface area (Å²) in [6.45, 7) is 0.860. The van der Waals surface area contributed by atoms with Crippen LogP contribution in [0.1, 0.15) is 68.6 Å². The van der Waals surface area contributed by atoms with E-state index >= 15 is 0 Å². The van der Waals surface area contributed by atoms with Gasteiger partial charge < -0.3 is 15.0 Å². The number of carbonyl (C=O) groups is 2. The third-order valence-electron chi connectivity index (χ3n) is 8.16. The third-order valence-corrected chi connectivity index (χ3v) is 9.42. The number of likely N-dealkylation sites (tertiary alicyclic amines) is 1. The summed E-state index contributed by atoms with van der Waals surface area (Å²) in [4.78, 5) is 34.1. The molecule has 0 spiro atoms. The van der Waals surface area contributed by atoms with E-state index in [9.17, 15) is 22.8 Å². The number of halogens is 3. The highest BCUT2D eigenvalue weighted by Crippen LogP contribution is 2.50. The van der Waals surface area contributed by atoms with Gasteiger partial charge in [0.05, 0.1) is 28.1 Å². The first-order chi connectivity index (χ1) is 18.8. The number of carbonyl (C=O) groups excluding carboxylic acids is 2. The second-order valence-corrected chi connectivity index (χ2v) is 11.9. The van der Waals surface area contributed by atoms with Crippen LogP contribution in [0.5, 0.6) is 5.75 Å². The standard InChI is InChI=1S/C29H26F3N3O3S/c30-29(31,32)18-4-1-3-16(11-18)25-24(34-27(39-25)15-7-8-15)28(37)35-19(12-17-13-22(17)35)14-33-26(36)21-5-2-6-23-20(21)9-10-38-23/h1-6,11,15,17,19,22H,7-10,12-14H2,(H,33,36)/t17-,19+,22+/m1/s1. The number of alkyl halides is 3. The molecule has 202 valence electrons. The first-order valence-corrected chi connectivity index (χ1v) is 14.1. The van der Waals surface area contributed by atoms with Crippen LogP contribution in [-0.4, -0.2) is 46.9 Å². The van der Waals surface area contributed by atoms with Crippen molar-refractivity contribution in [3.05, 3.63) is 69.9 Å². The second-order valence-electron chi connectivity index (χ2n) is 10.8. The number of nitrogens with one attached hydrogen (secondary N) is 1. The Hall–Kier alpha value is -3.40. The molecule has 7 rings (SSSR count). The van der Waals surface area contributed by atoms with Crippen LogP contribution in [-0.2, 0) is 12.6 Å². The number of aromatic nitrogens is 1. The predicted molar refractivity (Wildman–Crippen MR) is 139 cm³/mol. The monoisotopic (exact) mass is 553 g/mol. The summed E-state index contributed by atoms with van der Waals surface area (Å²) in [7, 11) is 0. The molecule has 6 nitrogen and oxygen atoms in total. The van der Waals surface area contributed by atoms with Crippen molar-refractivity contribution < 1.29 is 27.5 Å². The van der Waals surface area contributed by atoms with Gasteiger partial charge in [-0.15, -0.1) is 11.3 Å². The van der Waals surface area contributed by atoms with Gasteiger partial charge in [-0.2, -0.15) is 13.2 Å². The fourth-order valence-corrected chi connectivity index (χ4v) is 7.16. The van der Waals surface area contributed by atoms with Crippen molar-refractivity contribution in [3.8, 4) is 16.2 Å². The smallest absolute Gasteiger partial charge is 0.416 e. The van der Waals surface area contributed by atoms with Gasteiger partial charge in [0, 0.05) is 36.1 Å². The summed E-state index contributed by atoms with van der Waals surface area (Å²) in [6, 6.07) is 10.4. The van der Waals surface area contributed by atoms with E-state index in [-0.39, 0.29) is 35.5 Å². The Bertz CT molecular complexity index is 1480. The van der Waals surface area contributed by atoms with E-state index in [2.05, 4.69) is 5.32 Å². The Labute approximate surface area is 227 Å². The Balaban J connectivity index is 1.15. The molecular weight excluding hydrogens is 527 g/mol. The lowest BCUT2D eigenvalue weighted by Crippen LogP contribution is -2.45. The zero-order valence-electron chi connectivity index (χ0n) is 21.0. The quantitative estimate of drug-likeness (QED) is 0.427. The molecule has 2 amide bonds. The summed E-state index contributed by atoms with van der Waals surface area (Å²) < 4.78 is 46.0. The fraction of sp³-hybridized carbons (Fsp3) is 0.414. The van der Waals surface area contributed by atoms with Crippen LogP contribution in [0.15, 0.2) is 42.5 Å². The van der Waals surface area contributed by atoms with Gasteiger partial charge in [0.15, 0.2) is 0 Å². The SMILES string of the molecule is O=C(NC[C@@H]1C[C@@H]2C[C@@H]2N1C(=O)c1nc(C2CC2)sc1-c1cccc(C(F)(F)F)c1)c1cccc2c1CCO2. The number of piperidine rings is 1. The average molecular weight is 554 g/mol. The van der Waals surface area contributed by atoms with Crippen molar-refractivity contribution in [2.75, 3.05) is 13.2 Å².